The van der Waals surface area contributed by atoms with Crippen LogP contribution in [0.4, 0.5) is 0 Å². The van der Waals surface area contributed by atoms with Crippen molar-refractivity contribution < 1.29 is 34.4 Å². The number of aliphatic carboxylic acids is 1. The van der Waals surface area contributed by atoms with E-state index in [1.807, 2.05) is 13.8 Å². The van der Waals surface area contributed by atoms with Crippen LogP contribution in [0, 0.1) is 35.0 Å². The van der Waals surface area contributed by atoms with E-state index in [1.165, 1.54) is 6.92 Å². The number of ketones is 1. The van der Waals surface area contributed by atoms with Crippen LogP contribution in [0.3, 0.4) is 0 Å². The monoisotopic (exact) mass is 438 g/mol. The first-order chi connectivity index (χ1) is 14.5. The molecular weight excluding hydrogens is 400 g/mol. The van der Waals surface area contributed by atoms with Crippen molar-refractivity contribution in [3.05, 3.63) is 11.3 Å². The van der Waals surface area contributed by atoms with E-state index in [0.29, 0.717) is 18.4 Å². The second kappa shape index (κ2) is 10.3. The Morgan fingerprint density at radius 3 is 2.42 bits per heavy atom. The maximum atomic E-state index is 13.5. The summed E-state index contributed by atoms with van der Waals surface area (Å²) in [6, 6.07) is 0. The Hall–Kier alpha value is -1.73. The molecule has 0 aromatic heterocycles. The number of Topliss-reactive ketones (excluding diaryl/α,β-unsaturated/α-hetero) is 1. The lowest BCUT2D eigenvalue weighted by Gasteiger charge is -2.55. The van der Waals surface area contributed by atoms with Crippen molar-refractivity contribution in [2.24, 2.45) is 35.0 Å². The van der Waals surface area contributed by atoms with Crippen LogP contribution in [0.25, 0.3) is 0 Å². The van der Waals surface area contributed by atoms with Crippen molar-refractivity contribution in [1.82, 2.24) is 0 Å². The Kier molecular flexibility index (Phi) is 8.45. The van der Waals surface area contributed by atoms with Crippen LogP contribution in [0.15, 0.2) is 11.3 Å². The lowest BCUT2D eigenvalue weighted by Crippen LogP contribution is -2.57. The number of carboxylic acid groups (broad SMARTS) is 1. The molecule has 0 bridgehead atoms. The molecule has 0 aliphatic heterocycles. The van der Waals surface area contributed by atoms with Crippen LogP contribution in [0.1, 0.15) is 73.1 Å². The van der Waals surface area contributed by atoms with Crippen molar-refractivity contribution in [2.75, 3.05) is 6.61 Å². The molecule has 0 aromatic rings. The van der Waals surface area contributed by atoms with Gasteiger partial charge < -0.3 is 20.1 Å². The third kappa shape index (κ3) is 4.87. The number of ether oxygens (including phenoxy) is 1. The molecule has 0 radical (unpaired) electrons. The predicted octanol–water partition coefficient (Wildman–Crippen LogP) is 3.33. The molecule has 1 fully saturated rings. The number of carbonyl (C=O) groups excluding carboxylic acids is 2. The number of esters is 1. The summed E-state index contributed by atoms with van der Waals surface area (Å²) in [4.78, 5) is 37.8. The van der Waals surface area contributed by atoms with E-state index in [2.05, 4.69) is 6.92 Å². The minimum absolute atomic E-state index is 0.0480. The average Bonchev–Trinajstić information content (AvgIpc) is 2.69. The van der Waals surface area contributed by atoms with Gasteiger partial charge in [-0.15, -0.1) is 0 Å². The van der Waals surface area contributed by atoms with E-state index in [1.54, 1.807) is 6.92 Å². The second-order valence-corrected chi connectivity index (χ2v) is 9.67. The lowest BCUT2D eigenvalue weighted by molar-refractivity contribution is -0.161. The molecule has 7 nitrogen and oxygen atoms in total. The summed E-state index contributed by atoms with van der Waals surface area (Å²) in [7, 11) is 0. The van der Waals surface area contributed by atoms with Crippen molar-refractivity contribution >= 4 is 17.7 Å². The highest BCUT2D eigenvalue weighted by Crippen LogP contribution is 2.59. The molecule has 2 aliphatic rings. The zero-order chi connectivity index (χ0) is 23.5. The molecule has 2 aliphatic carbocycles. The SMILES string of the molecule is CCCCC(C)C1=C(OC(C)=O)C(O)C2CC(C)CC(C(=O)O)C2C1(C)C(=O)CCO. The van der Waals surface area contributed by atoms with Gasteiger partial charge in [-0.2, -0.15) is 0 Å². The highest BCUT2D eigenvalue weighted by atomic mass is 16.5. The van der Waals surface area contributed by atoms with Gasteiger partial charge in [0, 0.05) is 20.0 Å². The number of rotatable bonds is 9. The fourth-order valence-corrected chi connectivity index (χ4v) is 6.16. The number of hydrogen-bond acceptors (Lipinski definition) is 6. The molecule has 176 valence electrons. The Morgan fingerprint density at radius 2 is 1.90 bits per heavy atom. The zero-order valence-electron chi connectivity index (χ0n) is 19.4. The van der Waals surface area contributed by atoms with E-state index >= 15 is 0 Å². The fraction of sp³-hybridized carbons (Fsp3) is 0.792. The van der Waals surface area contributed by atoms with Crippen LogP contribution < -0.4 is 0 Å². The van der Waals surface area contributed by atoms with Crippen molar-refractivity contribution in [3.63, 3.8) is 0 Å². The quantitative estimate of drug-likeness (QED) is 0.472. The van der Waals surface area contributed by atoms with E-state index in [-0.39, 0.29) is 36.4 Å². The molecule has 0 aromatic carbocycles. The summed E-state index contributed by atoms with van der Waals surface area (Å²) < 4.78 is 5.55. The number of aliphatic hydroxyl groups excluding tert-OH is 2. The van der Waals surface area contributed by atoms with E-state index in [4.69, 9.17) is 4.74 Å². The Balaban J connectivity index is 2.80. The number of carboxylic acids is 1. The standard InChI is InChI=1S/C24H38O7/c1-6-7-8-14(3)19-22(31-15(4)26)21(28)16-11-13(2)12-17(23(29)30)20(16)24(19,5)18(27)9-10-25/h13-14,16-17,20-21,25,28H,6-12H2,1-5H3,(H,29,30). The summed E-state index contributed by atoms with van der Waals surface area (Å²) in [5, 5.41) is 30.9. The summed E-state index contributed by atoms with van der Waals surface area (Å²) in [5.74, 6) is -3.80. The number of carbonyl (C=O) groups is 3. The molecule has 7 unspecified atom stereocenters. The van der Waals surface area contributed by atoms with Gasteiger partial charge in [0.15, 0.2) is 0 Å². The summed E-state index contributed by atoms with van der Waals surface area (Å²) in [5.41, 5.74) is -0.711. The molecule has 0 spiro atoms. The van der Waals surface area contributed by atoms with Gasteiger partial charge >= 0.3 is 11.9 Å². The van der Waals surface area contributed by atoms with Crippen LogP contribution >= 0.6 is 0 Å². The molecule has 3 N–H and O–H groups in total. The van der Waals surface area contributed by atoms with Crippen molar-refractivity contribution in [2.45, 2.75) is 79.2 Å². The Morgan fingerprint density at radius 1 is 1.26 bits per heavy atom. The van der Waals surface area contributed by atoms with Gasteiger partial charge in [0.2, 0.25) is 0 Å². The summed E-state index contributed by atoms with van der Waals surface area (Å²) >= 11 is 0. The molecule has 31 heavy (non-hydrogen) atoms. The third-order valence-corrected chi connectivity index (χ3v) is 7.36. The van der Waals surface area contributed by atoms with Gasteiger partial charge in [-0.05, 0) is 55.4 Å². The van der Waals surface area contributed by atoms with Gasteiger partial charge in [0.1, 0.15) is 17.6 Å². The first kappa shape index (κ1) is 25.5. The van der Waals surface area contributed by atoms with Crippen molar-refractivity contribution in [1.29, 1.82) is 0 Å². The van der Waals surface area contributed by atoms with Gasteiger partial charge in [-0.25, -0.2) is 0 Å². The zero-order valence-corrected chi connectivity index (χ0v) is 19.4. The number of hydrogen-bond donors (Lipinski definition) is 3. The van der Waals surface area contributed by atoms with E-state index < -0.39 is 41.2 Å². The molecule has 0 saturated heterocycles. The minimum atomic E-state index is -1.24. The predicted molar refractivity (Wildman–Crippen MR) is 115 cm³/mol. The first-order valence-electron chi connectivity index (χ1n) is 11.5. The van der Waals surface area contributed by atoms with Crippen molar-refractivity contribution in [3.8, 4) is 0 Å². The minimum Gasteiger partial charge on any atom is -0.481 e. The van der Waals surface area contributed by atoms with Crippen LogP contribution in [0.2, 0.25) is 0 Å². The summed E-state index contributed by atoms with van der Waals surface area (Å²) in [6.07, 6.45) is 2.24. The topological polar surface area (TPSA) is 121 Å². The Bertz CT molecular complexity index is 727. The van der Waals surface area contributed by atoms with E-state index in [0.717, 1.165) is 19.3 Å². The van der Waals surface area contributed by atoms with Gasteiger partial charge in [0.05, 0.1) is 11.3 Å². The molecular formula is C24H38O7. The van der Waals surface area contributed by atoms with Crippen LogP contribution in [0.5, 0.6) is 0 Å². The smallest absolute Gasteiger partial charge is 0.307 e. The van der Waals surface area contributed by atoms with Gasteiger partial charge in [0.25, 0.3) is 0 Å². The number of allylic oxidation sites excluding steroid dienone is 1. The molecule has 0 heterocycles. The van der Waals surface area contributed by atoms with Crippen LogP contribution in [-0.4, -0.2) is 45.8 Å². The van der Waals surface area contributed by atoms with Gasteiger partial charge in [-0.1, -0.05) is 33.6 Å². The highest BCUT2D eigenvalue weighted by Gasteiger charge is 2.61. The largest absolute Gasteiger partial charge is 0.481 e. The van der Waals surface area contributed by atoms with E-state index in [9.17, 15) is 29.7 Å². The number of unbranched alkanes of at least 4 members (excludes halogenated alkanes) is 1. The lowest BCUT2D eigenvalue weighted by atomic mass is 9.48. The average molecular weight is 439 g/mol. The molecule has 7 heteroatoms. The maximum Gasteiger partial charge on any atom is 0.307 e. The van der Waals surface area contributed by atoms with Gasteiger partial charge in [-0.3, -0.25) is 14.4 Å². The molecule has 7 atom stereocenters. The first-order valence-corrected chi connectivity index (χ1v) is 11.5. The number of fused-ring (bicyclic) bond motifs is 1. The normalized spacial score (nSPS) is 34.1. The number of aliphatic hydroxyl groups is 2. The molecule has 1 saturated carbocycles. The van der Waals surface area contributed by atoms with Crippen LogP contribution in [-0.2, 0) is 19.1 Å². The third-order valence-electron chi connectivity index (χ3n) is 7.36. The highest BCUT2D eigenvalue weighted by molar-refractivity contribution is 5.90. The second-order valence-electron chi connectivity index (χ2n) is 9.67. The maximum absolute atomic E-state index is 13.5. The molecule has 2 rings (SSSR count). The Labute approximate surface area is 184 Å². The summed E-state index contributed by atoms with van der Waals surface area (Å²) in [6.45, 7) is 8.59. The molecule has 0 amide bonds. The fourth-order valence-electron chi connectivity index (χ4n) is 6.16.